The van der Waals surface area contributed by atoms with Gasteiger partial charge in [0.1, 0.15) is 41.7 Å². The number of benzene rings is 4. The summed E-state index contributed by atoms with van der Waals surface area (Å²) in [5.74, 6) is 0.933. The van der Waals surface area contributed by atoms with Gasteiger partial charge in [0.15, 0.2) is 30.1 Å². The number of carbonyl (C=O) groups excluding carboxylic acids is 2. The van der Waals surface area contributed by atoms with Crippen LogP contribution in [-0.2, 0) is 29.3 Å². The minimum Gasteiger partial charge on any atom is -0.497 e. The third-order valence-corrected chi connectivity index (χ3v) is 9.58. The average molecular weight is 804 g/mol. The fourth-order valence-corrected chi connectivity index (χ4v) is 6.79. The van der Waals surface area contributed by atoms with Gasteiger partial charge >= 0.3 is 6.16 Å². The number of nitrogens with one attached hydrogen (secondary N) is 2. The zero-order valence-corrected chi connectivity index (χ0v) is 32.1. The fourth-order valence-electron chi connectivity index (χ4n) is 6.79. The Labute approximate surface area is 337 Å². The maximum absolute atomic E-state index is 13.2. The van der Waals surface area contributed by atoms with E-state index in [4.69, 9.17) is 33.2 Å². The van der Waals surface area contributed by atoms with Crippen molar-refractivity contribution in [2.45, 2.75) is 30.1 Å². The highest BCUT2D eigenvalue weighted by Gasteiger charge is 2.50. The monoisotopic (exact) mass is 803 g/mol. The highest BCUT2D eigenvalue weighted by atomic mass is 16.7. The summed E-state index contributed by atoms with van der Waals surface area (Å²) in [6.45, 7) is 2.79. The van der Waals surface area contributed by atoms with Crippen LogP contribution in [0.2, 0.25) is 0 Å². The predicted octanol–water partition coefficient (Wildman–Crippen LogP) is 5.13. The molecule has 0 bridgehead atoms. The van der Waals surface area contributed by atoms with Crippen LogP contribution in [0.25, 0.3) is 11.2 Å². The van der Waals surface area contributed by atoms with Crippen LogP contribution in [-0.4, -0.2) is 89.0 Å². The van der Waals surface area contributed by atoms with Crippen molar-refractivity contribution in [3.8, 4) is 17.2 Å². The lowest BCUT2D eigenvalue weighted by atomic mass is 9.80. The van der Waals surface area contributed by atoms with Crippen molar-refractivity contribution >= 4 is 29.2 Å². The molecule has 0 radical (unpaired) electrons. The van der Waals surface area contributed by atoms with E-state index < -0.39 is 47.8 Å². The number of ether oxygens (including phenoxy) is 7. The Morgan fingerprint density at radius 1 is 0.898 bits per heavy atom. The largest absolute Gasteiger partial charge is 0.509 e. The highest BCUT2D eigenvalue weighted by molar-refractivity contribution is 5.90. The van der Waals surface area contributed by atoms with E-state index in [9.17, 15) is 19.5 Å². The van der Waals surface area contributed by atoms with Gasteiger partial charge in [0, 0.05) is 0 Å². The molecule has 1 amide bonds. The molecule has 1 aliphatic rings. The van der Waals surface area contributed by atoms with Gasteiger partial charge in [0.05, 0.1) is 27.2 Å². The normalized spacial score (nSPS) is 17.5. The summed E-state index contributed by atoms with van der Waals surface area (Å²) in [4.78, 5) is 50.0. The van der Waals surface area contributed by atoms with Gasteiger partial charge in [-0.15, -0.1) is 0 Å². The number of aliphatic hydroxyl groups is 1. The number of fused-ring (bicyclic) bond motifs is 1. The number of methoxy groups -OCH3 is 2. The zero-order chi connectivity index (χ0) is 41.4. The minimum atomic E-state index is -1.57. The van der Waals surface area contributed by atoms with Gasteiger partial charge in [-0.1, -0.05) is 85.5 Å². The summed E-state index contributed by atoms with van der Waals surface area (Å²) in [5.41, 5.74) is 0.0778. The topological polar surface area (TPSA) is 195 Å². The Bertz CT molecular complexity index is 2380. The number of H-pyrrole nitrogens is 1. The molecule has 3 heterocycles. The van der Waals surface area contributed by atoms with Crippen LogP contribution < -0.4 is 25.1 Å². The van der Waals surface area contributed by atoms with Crippen molar-refractivity contribution < 1.29 is 47.9 Å². The number of para-hydroxylation sites is 1. The molecule has 4 atom stereocenters. The third-order valence-electron chi connectivity index (χ3n) is 9.58. The fraction of sp³-hybridized carbons (Fsp3) is 0.233. The Morgan fingerprint density at radius 2 is 1.51 bits per heavy atom. The number of aromatic amines is 1. The van der Waals surface area contributed by atoms with Crippen LogP contribution in [0.4, 0.5) is 10.7 Å². The second-order valence-corrected chi connectivity index (χ2v) is 13.2. The molecule has 1 aliphatic heterocycles. The summed E-state index contributed by atoms with van der Waals surface area (Å²) in [5, 5.41) is 14.4. The molecule has 7 rings (SSSR count). The number of amides is 1. The van der Waals surface area contributed by atoms with Crippen LogP contribution in [0.15, 0.2) is 133 Å². The van der Waals surface area contributed by atoms with Crippen LogP contribution in [0, 0.1) is 0 Å². The lowest BCUT2D eigenvalue weighted by Crippen LogP contribution is -2.42. The summed E-state index contributed by atoms with van der Waals surface area (Å²) in [7, 11) is 3.15. The zero-order valence-electron chi connectivity index (χ0n) is 32.1. The van der Waals surface area contributed by atoms with Gasteiger partial charge in [-0.2, -0.15) is 4.98 Å². The van der Waals surface area contributed by atoms with Crippen LogP contribution in [0.1, 0.15) is 22.9 Å². The molecule has 3 N–H and O–H groups in total. The van der Waals surface area contributed by atoms with Crippen molar-refractivity contribution in [1.82, 2.24) is 19.5 Å². The lowest BCUT2D eigenvalue weighted by Gasteiger charge is -2.37. The highest BCUT2D eigenvalue weighted by Crippen LogP contribution is 2.43. The molecule has 1 fully saturated rings. The SMILES string of the molecule is C=CCOC(=O)O[C@H]1[C@@H](O)[C@H](n2cnc3c(=O)[nH]c(NC(=O)COc4ccccc4)nc32)O[C@@H]1COC(c1ccccc1)(c1ccc(OC)cc1)c1ccc(OC)cc1. The molecule has 0 unspecified atom stereocenters. The second-order valence-electron chi connectivity index (χ2n) is 13.2. The molecule has 0 spiro atoms. The predicted molar refractivity (Wildman–Crippen MR) is 213 cm³/mol. The van der Waals surface area contributed by atoms with Crippen molar-refractivity contribution in [1.29, 1.82) is 0 Å². The smallest absolute Gasteiger partial charge is 0.497 e. The molecule has 6 aromatic rings. The van der Waals surface area contributed by atoms with Crippen molar-refractivity contribution in [2.24, 2.45) is 0 Å². The molecule has 59 heavy (non-hydrogen) atoms. The van der Waals surface area contributed by atoms with Crippen molar-refractivity contribution in [3.05, 3.63) is 155 Å². The number of rotatable bonds is 16. The van der Waals surface area contributed by atoms with E-state index in [2.05, 4.69) is 26.8 Å². The third kappa shape index (κ3) is 8.64. The molecule has 2 aromatic heterocycles. The van der Waals surface area contributed by atoms with Crippen molar-refractivity contribution in [3.63, 3.8) is 0 Å². The molecule has 16 nitrogen and oxygen atoms in total. The Morgan fingerprint density at radius 3 is 2.12 bits per heavy atom. The quantitative estimate of drug-likeness (QED) is 0.0663. The second kappa shape index (κ2) is 18.1. The van der Waals surface area contributed by atoms with Gasteiger partial charge in [-0.3, -0.25) is 24.5 Å². The van der Waals surface area contributed by atoms with Gasteiger partial charge in [0.2, 0.25) is 5.95 Å². The van der Waals surface area contributed by atoms with Gasteiger partial charge < -0.3 is 38.3 Å². The molecule has 304 valence electrons. The van der Waals surface area contributed by atoms with E-state index in [0.717, 1.165) is 16.7 Å². The van der Waals surface area contributed by atoms with Gasteiger partial charge in [-0.25, -0.2) is 9.78 Å². The van der Waals surface area contributed by atoms with Gasteiger partial charge in [-0.05, 0) is 53.1 Å². The van der Waals surface area contributed by atoms with Crippen LogP contribution >= 0.6 is 0 Å². The van der Waals surface area contributed by atoms with E-state index in [1.54, 1.807) is 38.5 Å². The maximum Gasteiger partial charge on any atom is 0.509 e. The van der Waals surface area contributed by atoms with Crippen LogP contribution in [0.3, 0.4) is 0 Å². The van der Waals surface area contributed by atoms with E-state index in [0.29, 0.717) is 17.2 Å². The van der Waals surface area contributed by atoms with Gasteiger partial charge in [0.25, 0.3) is 11.5 Å². The number of aliphatic hydroxyl groups excluding tert-OH is 1. The van der Waals surface area contributed by atoms with E-state index in [1.165, 1.54) is 17.0 Å². The first-order valence-electron chi connectivity index (χ1n) is 18.4. The molecule has 1 saturated heterocycles. The van der Waals surface area contributed by atoms with Crippen LogP contribution in [0.5, 0.6) is 17.2 Å². The number of carbonyl (C=O) groups is 2. The summed E-state index contributed by atoms with van der Waals surface area (Å²) in [6, 6.07) is 33.0. The first-order valence-corrected chi connectivity index (χ1v) is 18.4. The number of aromatic nitrogens is 4. The first-order chi connectivity index (χ1) is 28.7. The molecule has 0 aliphatic carbocycles. The first kappa shape index (κ1) is 40.2. The number of hydrogen-bond acceptors (Lipinski definition) is 13. The Hall–Kier alpha value is -7.01. The Kier molecular flexibility index (Phi) is 12.3. The number of hydrogen-bond donors (Lipinski definition) is 3. The summed E-state index contributed by atoms with van der Waals surface area (Å²) >= 11 is 0. The summed E-state index contributed by atoms with van der Waals surface area (Å²) < 4.78 is 42.1. The number of imidazole rings is 1. The summed E-state index contributed by atoms with van der Waals surface area (Å²) in [6.07, 6.45) is -3.86. The van der Waals surface area contributed by atoms with E-state index in [1.807, 2.05) is 84.9 Å². The molecular weight excluding hydrogens is 762 g/mol. The average Bonchev–Trinajstić information content (AvgIpc) is 3.83. The maximum atomic E-state index is 13.2. The number of nitrogens with zero attached hydrogens (tertiary/aromatic N) is 3. The molecule has 4 aromatic carbocycles. The molecular formula is C43H41N5O11. The standard InChI is InChI=1S/C43H41N5O11/c1-4-23-55-42(52)59-37-33(24-57-43(27-11-7-5-8-12-27,28-15-19-30(53-2)20-16-28)29-17-21-31(54-3)22-18-29)58-40(36(37)50)48-26-44-35-38(48)46-41(47-39(35)51)45-34(49)25-56-32-13-9-6-10-14-32/h4-22,26,33,36-37,40,50H,1,23-25H2,2-3H3,(H2,45,46,47,49,51)/t33-,36-,37-,40-/m1/s1. The number of anilines is 1. The molecule has 16 heteroatoms. The van der Waals surface area contributed by atoms with E-state index >= 15 is 0 Å². The molecule has 0 saturated carbocycles. The Balaban J connectivity index is 1.23. The van der Waals surface area contributed by atoms with E-state index in [-0.39, 0.29) is 36.9 Å². The minimum absolute atomic E-state index is 0.0401. The lowest BCUT2D eigenvalue weighted by molar-refractivity contribution is -0.118. The van der Waals surface area contributed by atoms with Crippen molar-refractivity contribution in [2.75, 3.05) is 39.4 Å².